The summed E-state index contributed by atoms with van der Waals surface area (Å²) in [4.78, 5) is 23.3. The number of carbonyl (C=O) groups is 2. The van der Waals surface area contributed by atoms with Crippen LogP contribution in [0, 0.1) is 6.92 Å². The van der Waals surface area contributed by atoms with Gasteiger partial charge in [0.05, 0.1) is 18.4 Å². The van der Waals surface area contributed by atoms with Gasteiger partial charge in [-0.2, -0.15) is 0 Å². The molecular weight excluding hydrogens is 304 g/mol. The lowest BCUT2D eigenvalue weighted by Crippen LogP contribution is -2.01. The Morgan fingerprint density at radius 1 is 1.23 bits per heavy atom. The maximum atomic E-state index is 12.1. The van der Waals surface area contributed by atoms with Crippen LogP contribution in [0.25, 0.3) is 21.1 Å². The van der Waals surface area contributed by atoms with Gasteiger partial charge in [-0.3, -0.25) is 9.59 Å². The number of benzene rings is 1. The topological polar surface area (TPSA) is 76.7 Å². The summed E-state index contributed by atoms with van der Waals surface area (Å²) in [5, 5.41) is 10.5. The van der Waals surface area contributed by atoms with Crippen molar-refractivity contribution >= 4 is 44.1 Å². The van der Waals surface area contributed by atoms with Crippen molar-refractivity contribution in [3.8, 4) is 5.75 Å². The minimum absolute atomic E-state index is 0.00679. The summed E-state index contributed by atoms with van der Waals surface area (Å²) in [5.41, 5.74) is 0.662. The molecule has 22 heavy (non-hydrogen) atoms. The summed E-state index contributed by atoms with van der Waals surface area (Å²) >= 11 is 1.35. The molecule has 0 radical (unpaired) electrons. The molecule has 0 unspecified atom stereocenters. The first-order chi connectivity index (χ1) is 10.5. The lowest BCUT2D eigenvalue weighted by atomic mass is 10.1. The summed E-state index contributed by atoms with van der Waals surface area (Å²) in [6.07, 6.45) is -0.149. The van der Waals surface area contributed by atoms with Crippen LogP contribution in [0.1, 0.15) is 28.3 Å². The number of ketones is 1. The fraction of sp³-hybridized carbons (Fsp3) is 0.250. The van der Waals surface area contributed by atoms with Crippen molar-refractivity contribution in [2.75, 3.05) is 7.11 Å². The van der Waals surface area contributed by atoms with Crippen LogP contribution in [-0.4, -0.2) is 24.0 Å². The summed E-state index contributed by atoms with van der Waals surface area (Å²) < 4.78 is 11.9. The van der Waals surface area contributed by atoms with E-state index in [1.165, 1.54) is 11.3 Å². The van der Waals surface area contributed by atoms with E-state index in [1.807, 2.05) is 19.1 Å². The average molecular weight is 318 g/mol. The molecule has 0 fully saturated rings. The Bertz CT molecular complexity index is 887. The number of hydrogen-bond donors (Lipinski definition) is 1. The third kappa shape index (κ3) is 2.46. The molecule has 0 aliphatic rings. The molecule has 5 nitrogen and oxygen atoms in total. The second-order valence-corrected chi connectivity index (χ2v) is 6.10. The van der Waals surface area contributed by atoms with Gasteiger partial charge >= 0.3 is 5.97 Å². The Labute approximate surface area is 130 Å². The predicted molar refractivity (Wildman–Crippen MR) is 84.1 cm³/mol. The fourth-order valence-electron chi connectivity index (χ4n) is 2.44. The van der Waals surface area contributed by atoms with Gasteiger partial charge in [-0.05, 0) is 19.1 Å². The highest BCUT2D eigenvalue weighted by Gasteiger charge is 2.17. The van der Waals surface area contributed by atoms with Gasteiger partial charge in [0.1, 0.15) is 5.76 Å². The van der Waals surface area contributed by atoms with E-state index in [1.54, 1.807) is 13.2 Å². The largest absolute Gasteiger partial charge is 0.493 e. The Morgan fingerprint density at radius 2 is 2.00 bits per heavy atom. The molecular formula is C16H14O5S. The highest BCUT2D eigenvalue weighted by molar-refractivity contribution is 7.21. The van der Waals surface area contributed by atoms with E-state index < -0.39 is 5.97 Å². The number of methoxy groups -OCH3 is 1. The van der Waals surface area contributed by atoms with E-state index in [0.717, 1.165) is 21.2 Å². The number of fused-ring (bicyclic) bond motifs is 3. The lowest BCUT2D eigenvalue weighted by Gasteiger charge is -2.00. The second-order valence-electron chi connectivity index (χ2n) is 5.02. The van der Waals surface area contributed by atoms with Crippen LogP contribution in [0.5, 0.6) is 5.75 Å². The van der Waals surface area contributed by atoms with Crippen LogP contribution in [-0.2, 0) is 4.79 Å². The smallest absolute Gasteiger partial charge is 0.303 e. The Morgan fingerprint density at radius 3 is 2.68 bits per heavy atom. The van der Waals surface area contributed by atoms with Crippen LogP contribution in [0.2, 0.25) is 0 Å². The first-order valence-electron chi connectivity index (χ1n) is 6.75. The van der Waals surface area contributed by atoms with Gasteiger partial charge < -0.3 is 14.3 Å². The van der Waals surface area contributed by atoms with Gasteiger partial charge in [-0.1, -0.05) is 0 Å². The maximum Gasteiger partial charge on any atom is 0.303 e. The van der Waals surface area contributed by atoms with Gasteiger partial charge in [0.25, 0.3) is 0 Å². The van der Waals surface area contributed by atoms with E-state index in [-0.39, 0.29) is 18.6 Å². The number of furan rings is 1. The number of hydrogen-bond acceptors (Lipinski definition) is 5. The van der Waals surface area contributed by atoms with E-state index in [2.05, 4.69) is 0 Å². The zero-order valence-corrected chi connectivity index (χ0v) is 13.0. The molecule has 0 atom stereocenters. The zero-order chi connectivity index (χ0) is 15.9. The maximum absolute atomic E-state index is 12.1. The number of aryl methyl sites for hydroxylation is 1. The number of carboxylic acid groups (broad SMARTS) is 1. The Hall–Kier alpha value is -2.34. The molecule has 1 N–H and O–H groups in total. The van der Waals surface area contributed by atoms with Crippen LogP contribution in [0.4, 0.5) is 0 Å². The number of aliphatic carboxylic acids is 1. The van der Waals surface area contributed by atoms with Gasteiger partial charge in [-0.15, -0.1) is 11.3 Å². The second kappa shape index (κ2) is 5.46. The zero-order valence-electron chi connectivity index (χ0n) is 12.1. The quantitative estimate of drug-likeness (QED) is 0.719. The molecule has 1 aromatic carbocycles. The molecule has 0 aliphatic carbocycles. The van der Waals surface area contributed by atoms with E-state index >= 15 is 0 Å². The summed E-state index contributed by atoms with van der Waals surface area (Å²) in [6.45, 7) is 1.86. The number of rotatable bonds is 5. The first-order valence-corrected chi connectivity index (χ1v) is 7.57. The Kier molecular flexibility index (Phi) is 3.62. The highest BCUT2D eigenvalue weighted by Crippen LogP contribution is 2.39. The lowest BCUT2D eigenvalue weighted by molar-refractivity contribution is -0.136. The molecule has 3 aromatic rings. The molecule has 0 aliphatic heterocycles. The van der Waals surface area contributed by atoms with E-state index in [9.17, 15) is 9.59 Å². The minimum Gasteiger partial charge on any atom is -0.493 e. The number of carbonyl (C=O) groups excluding carboxylic acids is 1. The van der Waals surface area contributed by atoms with E-state index in [0.29, 0.717) is 16.2 Å². The molecule has 2 heterocycles. The SMILES string of the molecule is COc1cc2sc(C(=O)CCC(=O)O)cc2c2cc(C)oc12. The van der Waals surface area contributed by atoms with Crippen molar-refractivity contribution in [1.82, 2.24) is 0 Å². The number of ether oxygens (including phenoxy) is 1. The third-order valence-corrected chi connectivity index (χ3v) is 4.58. The van der Waals surface area contributed by atoms with Crippen LogP contribution >= 0.6 is 11.3 Å². The van der Waals surface area contributed by atoms with Crippen LogP contribution in [0.3, 0.4) is 0 Å². The van der Waals surface area contributed by atoms with Crippen molar-refractivity contribution in [1.29, 1.82) is 0 Å². The molecule has 2 aromatic heterocycles. The van der Waals surface area contributed by atoms with Crippen molar-refractivity contribution in [3.05, 3.63) is 28.8 Å². The van der Waals surface area contributed by atoms with Crippen molar-refractivity contribution in [2.24, 2.45) is 0 Å². The molecule has 114 valence electrons. The van der Waals surface area contributed by atoms with E-state index in [4.69, 9.17) is 14.3 Å². The predicted octanol–water partition coefficient (Wildman–Crippen LogP) is 4.01. The first kappa shape index (κ1) is 14.6. The molecule has 0 amide bonds. The van der Waals surface area contributed by atoms with Gasteiger partial charge in [0.2, 0.25) is 0 Å². The van der Waals surface area contributed by atoms with Gasteiger partial charge in [0, 0.05) is 28.0 Å². The summed E-state index contributed by atoms with van der Waals surface area (Å²) in [5.74, 6) is 0.271. The monoisotopic (exact) mass is 318 g/mol. The fourth-order valence-corrected chi connectivity index (χ4v) is 3.51. The summed E-state index contributed by atoms with van der Waals surface area (Å²) in [7, 11) is 1.57. The highest BCUT2D eigenvalue weighted by atomic mass is 32.1. The van der Waals surface area contributed by atoms with Crippen molar-refractivity contribution < 1.29 is 23.8 Å². The molecule has 3 rings (SSSR count). The molecule has 6 heteroatoms. The normalized spacial score (nSPS) is 11.2. The minimum atomic E-state index is -0.969. The molecule has 0 bridgehead atoms. The van der Waals surface area contributed by atoms with Crippen LogP contribution < -0.4 is 4.74 Å². The van der Waals surface area contributed by atoms with Crippen molar-refractivity contribution in [2.45, 2.75) is 19.8 Å². The number of thiophene rings is 1. The van der Waals surface area contributed by atoms with Gasteiger partial charge in [0.15, 0.2) is 17.1 Å². The molecule has 0 saturated carbocycles. The third-order valence-electron chi connectivity index (χ3n) is 3.45. The summed E-state index contributed by atoms with van der Waals surface area (Å²) in [6, 6.07) is 5.57. The Balaban J connectivity index is 2.11. The van der Waals surface area contributed by atoms with Crippen molar-refractivity contribution in [3.63, 3.8) is 0 Å². The van der Waals surface area contributed by atoms with Crippen LogP contribution in [0.15, 0.2) is 22.6 Å². The number of Topliss-reactive ketones (excluding diaryl/α,β-unsaturated/α-hetero) is 1. The number of carboxylic acids is 1. The average Bonchev–Trinajstić information content (AvgIpc) is 3.06. The van der Waals surface area contributed by atoms with Gasteiger partial charge in [-0.25, -0.2) is 0 Å². The standard InChI is InChI=1S/C16H14O5S/c1-8-5-10-9-6-14(11(17)3-4-15(18)19)22-13(9)7-12(20-2)16(10)21-8/h5-7H,3-4H2,1-2H3,(H,18,19). The molecule has 0 saturated heterocycles. The molecule has 0 spiro atoms.